The summed E-state index contributed by atoms with van der Waals surface area (Å²) in [5.74, 6) is -0.673. The Hall–Kier alpha value is -6.88. The van der Waals surface area contributed by atoms with Crippen LogP contribution in [0.25, 0.3) is 31.3 Å². The first-order chi connectivity index (χ1) is 31.2. The average molecular weight is 931 g/mol. The van der Waals surface area contributed by atoms with Gasteiger partial charge in [-0.2, -0.15) is 15.0 Å². The largest absolute Gasteiger partial charge is 0.457 e. The molecule has 3 aliphatic rings. The molecule has 358 valence electrons. The number of anilines is 3. The van der Waals surface area contributed by atoms with Gasteiger partial charge in [0.05, 0.1) is 31.8 Å². The van der Waals surface area contributed by atoms with Crippen LogP contribution < -0.4 is 34.3 Å². The summed E-state index contributed by atoms with van der Waals surface area (Å²) in [6.07, 6.45) is -4.94. The van der Waals surface area contributed by atoms with Crippen LogP contribution in [0.15, 0.2) is 66.5 Å². The maximum absolute atomic E-state index is 12.1. The molecule has 6 rings (SSSR count). The number of aliphatic hydroxyl groups is 5. The highest BCUT2D eigenvalue weighted by Crippen LogP contribution is 2.45. The molecule has 0 aromatic carbocycles. The highest BCUT2D eigenvalue weighted by Gasteiger charge is 2.56. The molecule has 0 radical (unpaired) electrons. The fourth-order valence-corrected chi connectivity index (χ4v) is 7.52. The van der Waals surface area contributed by atoms with Crippen LogP contribution in [0, 0.1) is 5.92 Å². The van der Waals surface area contributed by atoms with E-state index in [0.717, 1.165) is 9.13 Å². The Kier molecular flexibility index (Phi) is 17.1. The lowest BCUT2D eigenvalue weighted by Gasteiger charge is -2.30. The Morgan fingerprint density at radius 3 is 1.41 bits per heavy atom. The minimum Gasteiger partial charge on any atom is -0.457 e. The van der Waals surface area contributed by atoms with E-state index in [2.05, 4.69) is 45.0 Å². The van der Waals surface area contributed by atoms with E-state index < -0.39 is 102 Å². The van der Waals surface area contributed by atoms with Crippen LogP contribution >= 0.6 is 0 Å². The molecule has 66 heavy (non-hydrogen) atoms. The maximum Gasteiger partial charge on any atom is 0.351 e. The first kappa shape index (κ1) is 51.8. The second-order valence-corrected chi connectivity index (χ2v) is 15.1. The first-order valence-electron chi connectivity index (χ1n) is 19.8. The molecular weight excluding hydrogens is 880 g/mol. The third-order valence-electron chi connectivity index (χ3n) is 11.3. The molecule has 31 heteroatoms. The number of aliphatic hydroxyl groups excluding tert-OH is 5. The molecular formula is C35H50N18O13. The quantitative estimate of drug-likeness (QED) is 0.0442. The molecule has 3 saturated heterocycles. The summed E-state index contributed by atoms with van der Waals surface area (Å²) in [5.41, 5.74) is 35.8. The second-order valence-electron chi connectivity index (χ2n) is 15.1. The number of carbonyl (C=O) groups excluding carboxylic acids is 1. The van der Waals surface area contributed by atoms with Crippen LogP contribution in [0.3, 0.4) is 0 Å². The van der Waals surface area contributed by atoms with Crippen LogP contribution in [-0.2, 0) is 23.7 Å². The van der Waals surface area contributed by atoms with Gasteiger partial charge >= 0.3 is 23.0 Å². The predicted molar refractivity (Wildman–Crippen MR) is 226 cm³/mol. The van der Waals surface area contributed by atoms with Crippen LogP contribution in [0.2, 0.25) is 0 Å². The van der Waals surface area contributed by atoms with Crippen molar-refractivity contribution in [2.75, 3.05) is 43.4 Å². The first-order valence-corrected chi connectivity index (χ1v) is 19.8. The second kappa shape index (κ2) is 21.9. The van der Waals surface area contributed by atoms with Gasteiger partial charge in [0, 0.05) is 46.2 Å². The van der Waals surface area contributed by atoms with Gasteiger partial charge in [0.15, 0.2) is 24.8 Å². The van der Waals surface area contributed by atoms with E-state index in [1.54, 1.807) is 6.92 Å². The molecule has 3 aromatic rings. The van der Waals surface area contributed by atoms with Gasteiger partial charge in [-0.1, -0.05) is 36.1 Å². The molecule has 3 aliphatic heterocycles. The van der Waals surface area contributed by atoms with Gasteiger partial charge in [-0.15, -0.1) is 0 Å². The van der Waals surface area contributed by atoms with Crippen LogP contribution in [0.5, 0.6) is 0 Å². The highest BCUT2D eigenvalue weighted by atomic mass is 16.6. The number of hydrogen-bond donors (Lipinski definition) is 8. The van der Waals surface area contributed by atoms with Crippen molar-refractivity contribution < 1.29 is 49.3 Å². The number of esters is 1. The monoisotopic (exact) mass is 930 g/mol. The van der Waals surface area contributed by atoms with Gasteiger partial charge in [0.2, 0.25) is 0 Å². The summed E-state index contributed by atoms with van der Waals surface area (Å²) in [7, 11) is 0. The van der Waals surface area contributed by atoms with Gasteiger partial charge in [-0.25, -0.2) is 14.4 Å². The van der Waals surface area contributed by atoms with Gasteiger partial charge in [-0.05, 0) is 47.6 Å². The summed E-state index contributed by atoms with van der Waals surface area (Å²) in [5, 5.41) is 60.1. The summed E-state index contributed by atoms with van der Waals surface area (Å²) in [6.45, 7) is 5.49. The molecule has 0 spiro atoms. The number of carbonyl (C=O) groups is 1. The van der Waals surface area contributed by atoms with E-state index in [1.807, 2.05) is 13.8 Å². The van der Waals surface area contributed by atoms with Crippen LogP contribution in [0.1, 0.15) is 59.2 Å². The predicted octanol–water partition coefficient (Wildman–Crippen LogP) is -0.966. The molecule has 0 saturated carbocycles. The number of nitrogen functional groups attached to an aromatic ring is 3. The molecule has 12 atom stereocenters. The van der Waals surface area contributed by atoms with E-state index in [-0.39, 0.29) is 42.9 Å². The average Bonchev–Trinajstić information content (AvgIpc) is 3.80. The van der Waals surface area contributed by atoms with Crippen molar-refractivity contribution in [1.82, 2.24) is 28.7 Å². The molecule has 0 amide bonds. The Labute approximate surface area is 371 Å². The Morgan fingerprint density at radius 1 is 0.697 bits per heavy atom. The van der Waals surface area contributed by atoms with E-state index in [1.165, 1.54) is 48.3 Å². The zero-order chi connectivity index (χ0) is 49.1. The minimum atomic E-state index is -1.70. The van der Waals surface area contributed by atoms with E-state index in [4.69, 9.17) is 52.7 Å². The van der Waals surface area contributed by atoms with Crippen molar-refractivity contribution in [3.63, 3.8) is 0 Å². The molecule has 3 fully saturated rings. The summed E-state index contributed by atoms with van der Waals surface area (Å²) in [4.78, 5) is 65.8. The number of nitrogens with zero attached hydrogens (tertiary/aromatic N) is 15. The van der Waals surface area contributed by atoms with Crippen LogP contribution in [-0.4, -0.2) is 134 Å². The Morgan fingerprint density at radius 2 is 1.05 bits per heavy atom. The minimum absolute atomic E-state index is 0.00760. The van der Waals surface area contributed by atoms with E-state index in [9.17, 15) is 44.7 Å². The number of rotatable bonds is 13. The maximum atomic E-state index is 12.1. The fraction of sp³-hybridized carbons (Fsp3) is 0.629. The number of azide groups is 3. The number of hydrogen-bond acceptors (Lipinski definition) is 22. The smallest absolute Gasteiger partial charge is 0.351 e. The molecule has 0 bridgehead atoms. The molecule has 0 aliphatic carbocycles. The molecule has 31 nitrogen and oxygen atoms in total. The van der Waals surface area contributed by atoms with Crippen molar-refractivity contribution in [2.24, 2.45) is 21.3 Å². The highest BCUT2D eigenvalue weighted by molar-refractivity contribution is 5.66. The van der Waals surface area contributed by atoms with Crippen molar-refractivity contribution in [3.05, 3.63) is 99.6 Å². The molecule has 3 aromatic heterocycles. The van der Waals surface area contributed by atoms with Gasteiger partial charge in [-0.3, -0.25) is 18.5 Å². The van der Waals surface area contributed by atoms with Crippen molar-refractivity contribution in [1.29, 1.82) is 0 Å². The summed E-state index contributed by atoms with van der Waals surface area (Å²) >= 11 is 0. The number of aromatic nitrogens is 6. The lowest BCUT2D eigenvalue weighted by Crippen LogP contribution is -2.48. The van der Waals surface area contributed by atoms with Gasteiger partial charge in [0.25, 0.3) is 0 Å². The zero-order valence-corrected chi connectivity index (χ0v) is 35.8. The standard InChI is InChI=1S/C14H20N6O4.C11H16N6O4.C10H14N6O5/c1-4-14(7-17-19-16)8(2)11(23-9(3)21)12(24-14)20-6-5-10(15)18-13(20)22;1-2-11(5-14-16-13)8(19)7(18)9(21-11)17-4-3-6(12)15-10(17)20;11-5-1-2-16(9(20)14-5)8-6(18)7(19)10(4-17,21-8)3-13-15-12/h5-6,8,11-12H,4,7H2,1-3H3,(H2,15,18,22);3-4,7-9,18-19H,2,5H2,1H3,(H2,12,15,20);1-2,6-8,17-19H,3-4H2,(H2,11,14,20)/t8-,11-,12+,14-;7-,8-,9+,11-;6-,7-,8+,10+/m000/s1. The van der Waals surface area contributed by atoms with E-state index in [0.29, 0.717) is 6.42 Å². The SMILES string of the molecule is CC[C@@]1(CN=[N+]=[N-])O[C@@H](n2ccc(N)nc2=O)[C@@H](O)[C@@H]1O.CC[C@@]1(CN=[N+]=[N-])O[C@@H](n2ccc(N)nc2=O)[C@@H](OC(C)=O)[C@@H]1C.[N-]=[N+]=NC[C@]1(CO)O[C@@H](n2ccc(N)nc2=O)[C@@H](O)[C@@H]1O. The number of ether oxygens (including phenoxy) is 4. The lowest BCUT2D eigenvalue weighted by atomic mass is 9.85. The van der Waals surface area contributed by atoms with Crippen LogP contribution in [0.4, 0.5) is 17.5 Å². The normalized spacial score (nSPS) is 30.8. The number of nitrogens with two attached hydrogens (primary N) is 3. The molecule has 0 unspecified atom stereocenters. The summed E-state index contributed by atoms with van der Waals surface area (Å²) < 4.78 is 25.7. The van der Waals surface area contributed by atoms with Gasteiger partial charge < -0.3 is 61.7 Å². The topological polar surface area (TPSA) is 484 Å². The lowest BCUT2D eigenvalue weighted by molar-refractivity contribution is -0.154. The molecule has 6 heterocycles. The zero-order valence-electron chi connectivity index (χ0n) is 35.8. The third kappa shape index (κ3) is 10.8. The van der Waals surface area contributed by atoms with Crippen molar-refractivity contribution in [3.8, 4) is 0 Å². The third-order valence-corrected chi connectivity index (χ3v) is 11.3. The Balaban J connectivity index is 0.000000217. The molecule has 11 N–H and O–H groups in total. The van der Waals surface area contributed by atoms with Gasteiger partial charge in [0.1, 0.15) is 53.1 Å². The Bertz CT molecular complexity index is 2420. The van der Waals surface area contributed by atoms with E-state index >= 15 is 0 Å². The van der Waals surface area contributed by atoms with Crippen molar-refractivity contribution in [2.45, 2.75) is 107 Å². The van der Waals surface area contributed by atoms with Crippen molar-refractivity contribution >= 4 is 23.4 Å². The fourth-order valence-electron chi connectivity index (χ4n) is 7.52. The summed E-state index contributed by atoms with van der Waals surface area (Å²) in [6, 6.07) is 4.15.